The van der Waals surface area contributed by atoms with Gasteiger partial charge < -0.3 is 14.2 Å². The van der Waals surface area contributed by atoms with Gasteiger partial charge in [0.1, 0.15) is 11.6 Å². The highest BCUT2D eigenvalue weighted by atomic mass is 19.1. The average Bonchev–Trinajstić information content (AvgIpc) is 3.23. The van der Waals surface area contributed by atoms with Crippen molar-refractivity contribution in [2.24, 2.45) is 5.92 Å². The highest BCUT2D eigenvalue weighted by molar-refractivity contribution is 5.76. The van der Waals surface area contributed by atoms with E-state index in [4.69, 9.17) is 4.42 Å². The Bertz CT molecular complexity index is 802. The second-order valence-electron chi connectivity index (χ2n) is 8.40. The number of anilines is 1. The molecule has 0 unspecified atom stereocenters. The molecule has 0 bridgehead atoms. The van der Waals surface area contributed by atoms with Crippen LogP contribution in [0.5, 0.6) is 0 Å². The highest BCUT2D eigenvalue weighted by Crippen LogP contribution is 2.44. The number of amides is 1. The Labute approximate surface area is 159 Å². The molecule has 1 amide bonds. The number of hydrogen-bond donors (Lipinski definition) is 0. The Kier molecular flexibility index (Phi) is 4.70. The maximum Gasteiger partial charge on any atom is 0.223 e. The van der Waals surface area contributed by atoms with Gasteiger partial charge in [0, 0.05) is 43.2 Å². The van der Waals surface area contributed by atoms with Crippen LogP contribution in [0.3, 0.4) is 0 Å². The summed E-state index contributed by atoms with van der Waals surface area (Å²) in [6.45, 7) is 6.00. The van der Waals surface area contributed by atoms with Crippen LogP contribution < -0.4 is 4.90 Å². The van der Waals surface area contributed by atoms with Crippen LogP contribution in [0.1, 0.15) is 38.9 Å². The summed E-state index contributed by atoms with van der Waals surface area (Å²) in [5.74, 6) is 1.28. The van der Waals surface area contributed by atoms with Crippen molar-refractivity contribution in [3.05, 3.63) is 54.2 Å². The first-order valence-corrected chi connectivity index (χ1v) is 9.79. The van der Waals surface area contributed by atoms with Crippen molar-refractivity contribution in [3.63, 3.8) is 0 Å². The van der Waals surface area contributed by atoms with Crippen LogP contribution in [0, 0.1) is 11.7 Å². The van der Waals surface area contributed by atoms with E-state index in [-0.39, 0.29) is 17.3 Å². The van der Waals surface area contributed by atoms with Crippen molar-refractivity contribution in [3.8, 4) is 0 Å². The Morgan fingerprint density at radius 3 is 2.89 bits per heavy atom. The quantitative estimate of drug-likeness (QED) is 0.807. The summed E-state index contributed by atoms with van der Waals surface area (Å²) in [5, 5.41) is 0. The van der Waals surface area contributed by atoms with Crippen molar-refractivity contribution < 1.29 is 13.6 Å². The molecule has 27 heavy (non-hydrogen) atoms. The fourth-order valence-electron chi connectivity index (χ4n) is 4.99. The van der Waals surface area contributed by atoms with Crippen LogP contribution in [0.4, 0.5) is 10.1 Å². The van der Waals surface area contributed by atoms with Gasteiger partial charge in [0.2, 0.25) is 5.91 Å². The summed E-state index contributed by atoms with van der Waals surface area (Å²) in [4.78, 5) is 17.1. The molecule has 3 heterocycles. The van der Waals surface area contributed by atoms with Crippen molar-refractivity contribution in [1.29, 1.82) is 0 Å². The first kappa shape index (κ1) is 18.1. The number of halogens is 1. The van der Waals surface area contributed by atoms with Gasteiger partial charge in [0.05, 0.1) is 6.26 Å². The smallest absolute Gasteiger partial charge is 0.223 e. The lowest BCUT2D eigenvalue weighted by Crippen LogP contribution is -2.50. The zero-order chi connectivity index (χ0) is 19.0. The van der Waals surface area contributed by atoms with Gasteiger partial charge in [-0.1, -0.05) is 6.07 Å². The topological polar surface area (TPSA) is 36.7 Å². The van der Waals surface area contributed by atoms with Crippen LogP contribution in [0.25, 0.3) is 0 Å². The summed E-state index contributed by atoms with van der Waals surface area (Å²) in [7, 11) is 0. The normalized spacial score (nSPS) is 24.1. The van der Waals surface area contributed by atoms with Gasteiger partial charge >= 0.3 is 0 Å². The number of likely N-dealkylation sites (tertiary alicyclic amines) is 1. The molecule has 144 valence electrons. The Hall–Kier alpha value is -2.30. The molecule has 1 aromatic carbocycles. The van der Waals surface area contributed by atoms with E-state index in [0.717, 1.165) is 37.4 Å². The predicted octanol–water partition coefficient (Wildman–Crippen LogP) is 4.26. The number of carbonyl (C=O) groups is 1. The van der Waals surface area contributed by atoms with E-state index < -0.39 is 0 Å². The molecule has 2 atom stereocenters. The van der Waals surface area contributed by atoms with Crippen LogP contribution in [0.15, 0.2) is 47.1 Å². The van der Waals surface area contributed by atoms with Gasteiger partial charge in [0.25, 0.3) is 0 Å². The zero-order valence-corrected chi connectivity index (χ0v) is 16.0. The molecular weight excluding hydrogens is 343 g/mol. The van der Waals surface area contributed by atoms with Gasteiger partial charge in [-0.15, -0.1) is 0 Å². The van der Waals surface area contributed by atoms with Crippen molar-refractivity contribution >= 4 is 11.6 Å². The Morgan fingerprint density at radius 2 is 2.15 bits per heavy atom. The van der Waals surface area contributed by atoms with Gasteiger partial charge in [-0.25, -0.2) is 4.39 Å². The van der Waals surface area contributed by atoms with Crippen molar-refractivity contribution in [2.45, 2.75) is 51.1 Å². The summed E-state index contributed by atoms with van der Waals surface area (Å²) >= 11 is 0. The second-order valence-corrected chi connectivity index (χ2v) is 8.40. The molecule has 0 saturated carbocycles. The summed E-state index contributed by atoms with van der Waals surface area (Å²) < 4.78 is 19.1. The first-order chi connectivity index (χ1) is 12.9. The Morgan fingerprint density at radius 1 is 1.30 bits per heavy atom. The van der Waals surface area contributed by atoms with Crippen molar-refractivity contribution in [2.75, 3.05) is 18.0 Å². The van der Waals surface area contributed by atoms with Crippen LogP contribution >= 0.6 is 0 Å². The van der Waals surface area contributed by atoms with Crippen LogP contribution in [-0.4, -0.2) is 35.5 Å². The molecule has 2 aliphatic rings. The third kappa shape index (κ3) is 3.60. The van der Waals surface area contributed by atoms with Crippen LogP contribution in [0.2, 0.25) is 0 Å². The number of benzene rings is 1. The Balaban J connectivity index is 1.44. The molecule has 2 saturated heterocycles. The number of piperidine rings is 1. The standard InChI is InChI=1S/C22H27FN2O2/c1-22(2)14-16-15-24(21(26)9-8-19-7-4-12-27-19)11-10-20(16)25(22)18-6-3-5-17(23)13-18/h3-7,12-13,16,20H,8-11,14-15H2,1-2H3/t16-,20+/m1/s1. The number of furan rings is 1. The molecule has 0 spiro atoms. The molecule has 5 heteroatoms. The van der Waals surface area contributed by atoms with E-state index >= 15 is 0 Å². The van der Waals surface area contributed by atoms with E-state index in [1.807, 2.05) is 23.1 Å². The molecule has 2 aromatic rings. The number of carbonyl (C=O) groups excluding carboxylic acids is 1. The molecule has 2 fully saturated rings. The third-order valence-corrected chi connectivity index (χ3v) is 6.04. The predicted molar refractivity (Wildman–Crippen MR) is 103 cm³/mol. The van der Waals surface area contributed by atoms with E-state index in [9.17, 15) is 9.18 Å². The number of fused-ring (bicyclic) bond motifs is 1. The minimum absolute atomic E-state index is 0.0453. The number of rotatable bonds is 4. The average molecular weight is 370 g/mol. The minimum Gasteiger partial charge on any atom is -0.469 e. The van der Waals surface area contributed by atoms with E-state index in [0.29, 0.717) is 24.8 Å². The second kappa shape index (κ2) is 7.02. The number of nitrogens with zero attached hydrogens (tertiary/aromatic N) is 2. The molecule has 1 aromatic heterocycles. The molecule has 0 radical (unpaired) electrons. The third-order valence-electron chi connectivity index (χ3n) is 6.04. The van der Waals surface area contributed by atoms with Gasteiger partial charge in [-0.3, -0.25) is 4.79 Å². The molecule has 4 rings (SSSR count). The van der Waals surface area contributed by atoms with Crippen molar-refractivity contribution in [1.82, 2.24) is 4.90 Å². The lowest BCUT2D eigenvalue weighted by molar-refractivity contribution is -0.133. The molecule has 0 aliphatic carbocycles. The summed E-state index contributed by atoms with van der Waals surface area (Å²) in [6.07, 6.45) is 4.72. The largest absolute Gasteiger partial charge is 0.469 e. The molecular formula is C22H27FN2O2. The minimum atomic E-state index is -0.197. The fourth-order valence-corrected chi connectivity index (χ4v) is 4.99. The molecule has 2 aliphatic heterocycles. The first-order valence-electron chi connectivity index (χ1n) is 9.79. The lowest BCUT2D eigenvalue weighted by atomic mass is 9.89. The highest BCUT2D eigenvalue weighted by Gasteiger charge is 2.48. The van der Waals surface area contributed by atoms with Crippen LogP contribution in [-0.2, 0) is 11.2 Å². The summed E-state index contributed by atoms with van der Waals surface area (Å²) in [5.41, 5.74) is 0.904. The number of hydrogen-bond acceptors (Lipinski definition) is 3. The van der Waals surface area contributed by atoms with E-state index in [2.05, 4.69) is 18.7 Å². The maximum atomic E-state index is 13.8. The van der Waals surface area contributed by atoms with E-state index in [1.54, 1.807) is 18.4 Å². The van der Waals surface area contributed by atoms with Gasteiger partial charge in [-0.2, -0.15) is 0 Å². The maximum absolute atomic E-state index is 13.8. The monoisotopic (exact) mass is 370 g/mol. The van der Waals surface area contributed by atoms with Gasteiger partial charge in [0.15, 0.2) is 0 Å². The summed E-state index contributed by atoms with van der Waals surface area (Å²) in [6, 6.07) is 11.0. The lowest BCUT2D eigenvalue weighted by Gasteiger charge is -2.42. The molecule has 0 N–H and O–H groups in total. The van der Waals surface area contributed by atoms with E-state index in [1.165, 1.54) is 6.07 Å². The fraction of sp³-hybridized carbons (Fsp3) is 0.500. The SMILES string of the molecule is CC1(C)C[C@@H]2CN(C(=O)CCc3ccco3)CC[C@@H]2N1c1cccc(F)c1. The van der Waals surface area contributed by atoms with Gasteiger partial charge in [-0.05, 0) is 62.9 Å². The zero-order valence-electron chi connectivity index (χ0n) is 16.0. The molecule has 4 nitrogen and oxygen atoms in total. The number of aryl methyl sites for hydroxylation is 1.